The molecule has 0 aromatic rings. The zero-order valence-electron chi connectivity index (χ0n) is 13.8. The predicted molar refractivity (Wildman–Crippen MR) is 81.8 cm³/mol. The highest BCUT2D eigenvalue weighted by atomic mass is 16.5. The van der Waals surface area contributed by atoms with Gasteiger partial charge in [0.2, 0.25) is 0 Å². The molecular formula is C17H32O. The molecule has 0 saturated carbocycles. The normalized spacial score (nSPS) is 18.2. The van der Waals surface area contributed by atoms with Crippen LogP contribution in [0.25, 0.3) is 0 Å². The van der Waals surface area contributed by atoms with Crippen LogP contribution in [0.15, 0.2) is 23.8 Å². The quantitative estimate of drug-likeness (QED) is 0.622. The van der Waals surface area contributed by atoms with Crippen LogP contribution in [0.1, 0.15) is 55.4 Å². The summed E-state index contributed by atoms with van der Waals surface area (Å²) in [7, 11) is 1.81. The number of hydrogen-bond donors (Lipinski definition) is 0. The average molecular weight is 252 g/mol. The molecule has 0 radical (unpaired) electrons. The summed E-state index contributed by atoms with van der Waals surface area (Å²) in [5.74, 6) is 0.416. The Hall–Kier alpha value is -0.560. The number of methoxy groups -OCH3 is 1. The molecule has 18 heavy (non-hydrogen) atoms. The van der Waals surface area contributed by atoms with E-state index in [0.717, 1.165) is 0 Å². The van der Waals surface area contributed by atoms with Crippen molar-refractivity contribution in [3.63, 3.8) is 0 Å². The fraction of sp³-hybridized carbons (Fsp3) is 0.765. The molecule has 0 rings (SSSR count). The highest BCUT2D eigenvalue weighted by Crippen LogP contribution is 2.29. The van der Waals surface area contributed by atoms with Crippen molar-refractivity contribution in [2.45, 2.75) is 61.5 Å². The van der Waals surface area contributed by atoms with Gasteiger partial charge >= 0.3 is 0 Å². The number of rotatable bonds is 4. The Kier molecular flexibility index (Phi) is 6.36. The number of allylic oxidation sites excluding steroid dienone is 3. The van der Waals surface area contributed by atoms with Crippen LogP contribution in [0.3, 0.4) is 0 Å². The lowest BCUT2D eigenvalue weighted by molar-refractivity contribution is -0.00819. The van der Waals surface area contributed by atoms with E-state index in [1.807, 2.05) is 0 Å². The Morgan fingerprint density at radius 1 is 1.06 bits per heavy atom. The largest absolute Gasteiger partial charge is 0.380 e. The van der Waals surface area contributed by atoms with Crippen molar-refractivity contribution < 1.29 is 4.74 Å². The van der Waals surface area contributed by atoms with Crippen LogP contribution in [-0.2, 0) is 4.74 Å². The Morgan fingerprint density at radius 2 is 1.56 bits per heavy atom. The summed E-state index contributed by atoms with van der Waals surface area (Å²) in [4.78, 5) is 0. The summed E-state index contributed by atoms with van der Waals surface area (Å²) in [5, 5.41) is 0. The van der Waals surface area contributed by atoms with Crippen LogP contribution in [0.5, 0.6) is 0 Å². The van der Waals surface area contributed by atoms with Gasteiger partial charge in [-0.2, -0.15) is 0 Å². The van der Waals surface area contributed by atoms with Gasteiger partial charge in [0.25, 0.3) is 0 Å². The molecule has 1 nitrogen and oxygen atoms in total. The molecule has 0 amide bonds. The number of hydrogen-bond acceptors (Lipinski definition) is 1. The highest BCUT2D eigenvalue weighted by Gasteiger charge is 2.28. The molecular weight excluding hydrogens is 220 g/mol. The molecule has 0 bridgehead atoms. The van der Waals surface area contributed by atoms with Crippen LogP contribution >= 0.6 is 0 Å². The van der Waals surface area contributed by atoms with Crippen LogP contribution in [0, 0.1) is 16.7 Å². The topological polar surface area (TPSA) is 9.23 Å². The maximum atomic E-state index is 5.65. The van der Waals surface area contributed by atoms with E-state index < -0.39 is 0 Å². The van der Waals surface area contributed by atoms with Gasteiger partial charge < -0.3 is 4.74 Å². The molecule has 0 aliphatic heterocycles. The van der Waals surface area contributed by atoms with E-state index >= 15 is 0 Å². The van der Waals surface area contributed by atoms with E-state index in [-0.39, 0.29) is 16.9 Å². The van der Waals surface area contributed by atoms with Gasteiger partial charge in [-0.15, -0.1) is 0 Å². The Bertz CT molecular complexity index is 297. The third-order valence-corrected chi connectivity index (χ3v) is 2.96. The second-order valence-corrected chi connectivity index (χ2v) is 7.49. The molecule has 0 aliphatic rings. The molecule has 0 aliphatic carbocycles. The van der Waals surface area contributed by atoms with E-state index in [1.54, 1.807) is 7.11 Å². The van der Waals surface area contributed by atoms with Crippen molar-refractivity contribution in [3.05, 3.63) is 23.8 Å². The molecule has 0 saturated heterocycles. The predicted octanol–water partition coefficient (Wildman–Crippen LogP) is 5.23. The van der Waals surface area contributed by atoms with Crippen molar-refractivity contribution in [2.24, 2.45) is 16.7 Å². The molecule has 0 spiro atoms. The van der Waals surface area contributed by atoms with Crippen LogP contribution < -0.4 is 0 Å². The smallest absolute Gasteiger partial charge is 0.0679 e. The summed E-state index contributed by atoms with van der Waals surface area (Å²) >= 11 is 0. The molecule has 0 heterocycles. The molecule has 0 N–H and O–H groups in total. The minimum atomic E-state index is 0.165. The zero-order valence-corrected chi connectivity index (χ0v) is 13.8. The molecule has 0 aromatic carbocycles. The minimum absolute atomic E-state index is 0.165. The SMILES string of the molecule is COC(C(C)/C=C(C)/C=C/C(C)(C)C)C(C)(C)C. The average Bonchev–Trinajstić information content (AvgIpc) is 2.12. The summed E-state index contributed by atoms with van der Waals surface area (Å²) in [6.07, 6.45) is 7.02. The first-order valence-corrected chi connectivity index (χ1v) is 6.88. The van der Waals surface area contributed by atoms with Gasteiger partial charge in [0.1, 0.15) is 0 Å². The first kappa shape index (κ1) is 17.4. The molecule has 2 atom stereocenters. The van der Waals surface area contributed by atoms with Gasteiger partial charge in [-0.05, 0) is 17.8 Å². The van der Waals surface area contributed by atoms with Crippen molar-refractivity contribution in [1.82, 2.24) is 0 Å². The number of ether oxygens (including phenoxy) is 1. The van der Waals surface area contributed by atoms with Crippen molar-refractivity contribution in [1.29, 1.82) is 0 Å². The van der Waals surface area contributed by atoms with E-state index in [1.165, 1.54) is 5.57 Å². The maximum absolute atomic E-state index is 5.65. The summed E-state index contributed by atoms with van der Waals surface area (Å²) in [5.41, 5.74) is 1.71. The van der Waals surface area contributed by atoms with E-state index in [4.69, 9.17) is 4.74 Å². The van der Waals surface area contributed by atoms with Crippen molar-refractivity contribution in [2.75, 3.05) is 7.11 Å². The van der Waals surface area contributed by atoms with Crippen LogP contribution in [-0.4, -0.2) is 13.2 Å². The summed E-state index contributed by atoms with van der Waals surface area (Å²) in [6.45, 7) is 17.7. The standard InChI is InChI=1S/C17H32O/c1-13(10-11-16(3,4)5)12-14(2)15(18-9)17(6,7)8/h10-12,14-15H,1-9H3/b11-10+,13-12+. The molecule has 2 unspecified atom stereocenters. The third-order valence-electron chi connectivity index (χ3n) is 2.96. The second-order valence-electron chi connectivity index (χ2n) is 7.49. The monoisotopic (exact) mass is 252 g/mol. The summed E-state index contributed by atoms with van der Waals surface area (Å²) < 4.78 is 5.65. The van der Waals surface area contributed by atoms with Gasteiger partial charge in [-0.1, -0.05) is 72.3 Å². The first-order chi connectivity index (χ1) is 7.97. The van der Waals surface area contributed by atoms with Crippen LogP contribution in [0.2, 0.25) is 0 Å². The molecule has 0 aromatic heterocycles. The highest BCUT2D eigenvalue weighted by molar-refractivity contribution is 5.19. The lowest BCUT2D eigenvalue weighted by Gasteiger charge is -2.33. The van der Waals surface area contributed by atoms with Gasteiger partial charge in [-0.25, -0.2) is 0 Å². The zero-order chi connectivity index (χ0) is 14.6. The van der Waals surface area contributed by atoms with Gasteiger partial charge in [0.05, 0.1) is 6.10 Å². The Labute approximate surface area is 114 Å². The first-order valence-electron chi connectivity index (χ1n) is 6.88. The van der Waals surface area contributed by atoms with Gasteiger partial charge in [0, 0.05) is 13.0 Å². The molecule has 1 heteroatoms. The summed E-state index contributed by atoms with van der Waals surface area (Å²) in [6, 6.07) is 0. The fourth-order valence-corrected chi connectivity index (χ4v) is 2.30. The van der Waals surface area contributed by atoms with E-state index in [2.05, 4.69) is 73.6 Å². The van der Waals surface area contributed by atoms with E-state index in [0.29, 0.717) is 5.92 Å². The van der Waals surface area contributed by atoms with E-state index in [9.17, 15) is 0 Å². The Balaban J connectivity index is 4.81. The van der Waals surface area contributed by atoms with Crippen LogP contribution in [0.4, 0.5) is 0 Å². The molecule has 0 fully saturated rings. The lowest BCUT2D eigenvalue weighted by Crippen LogP contribution is -2.33. The second kappa shape index (κ2) is 6.56. The van der Waals surface area contributed by atoms with Gasteiger partial charge in [0.15, 0.2) is 0 Å². The fourth-order valence-electron chi connectivity index (χ4n) is 2.30. The lowest BCUT2D eigenvalue weighted by atomic mass is 9.81. The van der Waals surface area contributed by atoms with Crippen molar-refractivity contribution >= 4 is 0 Å². The molecule has 106 valence electrons. The van der Waals surface area contributed by atoms with Crippen molar-refractivity contribution in [3.8, 4) is 0 Å². The van der Waals surface area contributed by atoms with Gasteiger partial charge in [-0.3, -0.25) is 0 Å². The third kappa shape index (κ3) is 7.00. The Morgan fingerprint density at radius 3 is 1.89 bits per heavy atom. The maximum Gasteiger partial charge on any atom is 0.0679 e. The minimum Gasteiger partial charge on any atom is -0.380 e.